The van der Waals surface area contributed by atoms with E-state index < -0.39 is 11.8 Å². The monoisotopic (exact) mass is 426 g/mol. The van der Waals surface area contributed by atoms with Crippen LogP contribution in [0.4, 0.5) is 15.8 Å². The van der Waals surface area contributed by atoms with Gasteiger partial charge >= 0.3 is 5.97 Å². The van der Waals surface area contributed by atoms with Crippen LogP contribution in [0, 0.1) is 16.3 Å². The number of benzene rings is 2. The summed E-state index contributed by atoms with van der Waals surface area (Å²) in [5, 5.41) is 12.1. The largest absolute Gasteiger partial charge is 0.481 e. The third-order valence-electron chi connectivity index (χ3n) is 3.44. The lowest BCUT2D eigenvalue weighted by Crippen LogP contribution is -2.06. The van der Waals surface area contributed by atoms with Crippen molar-refractivity contribution in [2.24, 2.45) is 0 Å². The summed E-state index contributed by atoms with van der Waals surface area (Å²) in [4.78, 5) is 15.0. The van der Waals surface area contributed by atoms with E-state index in [2.05, 4.69) is 32.9 Å². The number of anilines is 2. The van der Waals surface area contributed by atoms with Gasteiger partial charge in [-0.1, -0.05) is 0 Å². The van der Waals surface area contributed by atoms with E-state index in [1.807, 2.05) is 25.1 Å². The van der Waals surface area contributed by atoms with E-state index in [0.717, 1.165) is 15.5 Å². The number of carboxylic acid groups (broad SMARTS) is 1. The Morgan fingerprint density at radius 3 is 2.91 bits per heavy atom. The molecule has 0 spiro atoms. The summed E-state index contributed by atoms with van der Waals surface area (Å²) < 4.78 is 20.8. The van der Waals surface area contributed by atoms with Crippen LogP contribution in [-0.2, 0) is 11.2 Å². The van der Waals surface area contributed by atoms with Crippen molar-refractivity contribution in [2.45, 2.75) is 13.3 Å². The molecule has 118 valence electrons. The molecule has 2 aromatic carbocycles. The van der Waals surface area contributed by atoms with Gasteiger partial charge in [-0.25, -0.2) is 9.37 Å². The molecule has 0 aliphatic rings. The highest BCUT2D eigenvalue weighted by Gasteiger charge is 2.19. The van der Waals surface area contributed by atoms with Crippen molar-refractivity contribution >= 4 is 51.0 Å². The van der Waals surface area contributed by atoms with E-state index in [0.29, 0.717) is 16.8 Å². The number of fused-ring (bicyclic) bond motifs is 1. The Kier molecular flexibility index (Phi) is 4.20. The molecular weight excluding hydrogens is 414 g/mol. The van der Waals surface area contributed by atoms with Crippen molar-refractivity contribution in [1.82, 2.24) is 4.98 Å². The molecule has 3 aromatic rings. The van der Waals surface area contributed by atoms with Gasteiger partial charge in [0.05, 0.1) is 12.1 Å². The lowest BCUT2D eigenvalue weighted by Gasteiger charge is -2.14. The van der Waals surface area contributed by atoms with Crippen LogP contribution in [0.1, 0.15) is 11.1 Å². The fraction of sp³-hybridized carbons (Fsp3) is 0.125. The number of aryl methyl sites for hydroxylation is 1. The summed E-state index contributed by atoms with van der Waals surface area (Å²) >= 11 is 2.19. The SMILES string of the molecule is Cc1cc(I)ccc1Nc1c(CC(=O)O)cc2ncoc2c1F. The van der Waals surface area contributed by atoms with Gasteiger partial charge in [0.2, 0.25) is 0 Å². The van der Waals surface area contributed by atoms with Gasteiger partial charge in [-0.2, -0.15) is 0 Å². The lowest BCUT2D eigenvalue weighted by molar-refractivity contribution is -0.136. The average molecular weight is 426 g/mol. The van der Waals surface area contributed by atoms with Gasteiger partial charge < -0.3 is 14.8 Å². The summed E-state index contributed by atoms with van der Waals surface area (Å²) in [5.74, 6) is -1.69. The number of aromatic nitrogens is 1. The molecule has 23 heavy (non-hydrogen) atoms. The minimum Gasteiger partial charge on any atom is -0.481 e. The second kappa shape index (κ2) is 6.15. The highest BCUT2D eigenvalue weighted by molar-refractivity contribution is 14.1. The highest BCUT2D eigenvalue weighted by Crippen LogP contribution is 2.32. The summed E-state index contributed by atoms with van der Waals surface area (Å²) in [7, 11) is 0. The van der Waals surface area contributed by atoms with Crippen LogP contribution in [0.25, 0.3) is 11.1 Å². The van der Waals surface area contributed by atoms with Crippen molar-refractivity contribution in [3.63, 3.8) is 0 Å². The number of nitrogens with zero attached hydrogens (tertiary/aromatic N) is 1. The molecule has 2 N–H and O–H groups in total. The molecule has 0 bridgehead atoms. The number of carboxylic acids is 1. The molecule has 5 nitrogen and oxygen atoms in total. The summed E-state index contributed by atoms with van der Waals surface area (Å²) in [5.41, 5.74) is 2.34. The zero-order valence-corrected chi connectivity index (χ0v) is 14.2. The van der Waals surface area contributed by atoms with E-state index in [9.17, 15) is 9.18 Å². The summed E-state index contributed by atoms with van der Waals surface area (Å²) in [6.07, 6.45) is 0.823. The average Bonchev–Trinajstić information content (AvgIpc) is 2.93. The Morgan fingerprint density at radius 1 is 1.43 bits per heavy atom. The first-order valence-corrected chi connectivity index (χ1v) is 7.83. The number of aliphatic carboxylic acids is 1. The van der Waals surface area contributed by atoms with Gasteiger partial charge in [-0.15, -0.1) is 0 Å². The van der Waals surface area contributed by atoms with Crippen molar-refractivity contribution in [3.05, 3.63) is 51.2 Å². The third-order valence-corrected chi connectivity index (χ3v) is 4.11. The molecule has 3 rings (SSSR count). The molecule has 0 radical (unpaired) electrons. The molecule has 0 saturated heterocycles. The lowest BCUT2D eigenvalue weighted by atomic mass is 10.1. The predicted octanol–water partition coefficient (Wildman–Crippen LogP) is 4.25. The Morgan fingerprint density at radius 2 is 2.22 bits per heavy atom. The van der Waals surface area contributed by atoms with Gasteiger partial charge in [0, 0.05) is 9.26 Å². The molecule has 0 aliphatic heterocycles. The highest BCUT2D eigenvalue weighted by atomic mass is 127. The van der Waals surface area contributed by atoms with Crippen LogP contribution in [-0.4, -0.2) is 16.1 Å². The number of rotatable bonds is 4. The van der Waals surface area contributed by atoms with Crippen LogP contribution in [0.5, 0.6) is 0 Å². The number of oxazole rings is 1. The molecule has 0 aliphatic carbocycles. The Labute approximate surface area is 144 Å². The minimum atomic E-state index is -1.05. The third kappa shape index (κ3) is 3.14. The van der Waals surface area contributed by atoms with Gasteiger partial charge in [0.25, 0.3) is 0 Å². The van der Waals surface area contributed by atoms with Crippen LogP contribution in [0.15, 0.2) is 35.1 Å². The fourth-order valence-corrected chi connectivity index (χ4v) is 3.00. The Hall–Kier alpha value is -2.16. The molecule has 0 unspecified atom stereocenters. The molecule has 0 saturated carbocycles. The zero-order valence-electron chi connectivity index (χ0n) is 12.1. The number of halogens is 2. The van der Waals surface area contributed by atoms with Crippen LogP contribution < -0.4 is 5.32 Å². The normalized spacial score (nSPS) is 10.9. The number of nitrogens with one attached hydrogen (secondary N) is 1. The Balaban J connectivity index is 2.13. The molecule has 0 atom stereocenters. The van der Waals surface area contributed by atoms with Crippen LogP contribution in [0.3, 0.4) is 0 Å². The van der Waals surface area contributed by atoms with E-state index in [4.69, 9.17) is 9.52 Å². The second-order valence-electron chi connectivity index (χ2n) is 5.08. The standard InChI is InChI=1S/C16H12FIN2O3/c1-8-4-10(18)2-3-11(8)20-15-9(6-13(21)22)5-12-16(14(15)17)23-7-19-12/h2-5,7,20H,6H2,1H3,(H,21,22). The van der Waals surface area contributed by atoms with Crippen LogP contribution in [0.2, 0.25) is 0 Å². The maximum absolute atomic E-state index is 14.7. The minimum absolute atomic E-state index is 0.00445. The van der Waals surface area contributed by atoms with Gasteiger partial charge in [0.1, 0.15) is 5.52 Å². The summed E-state index contributed by atoms with van der Waals surface area (Å²) in [6, 6.07) is 7.19. The second-order valence-corrected chi connectivity index (χ2v) is 6.33. The maximum Gasteiger partial charge on any atom is 0.307 e. The first kappa shape index (κ1) is 15.7. The fourth-order valence-electron chi connectivity index (χ4n) is 2.35. The molecule has 0 amide bonds. The molecule has 7 heteroatoms. The topological polar surface area (TPSA) is 75.4 Å². The van der Waals surface area contributed by atoms with Gasteiger partial charge in [-0.05, 0) is 64.9 Å². The first-order chi connectivity index (χ1) is 11.0. The maximum atomic E-state index is 14.7. The molecule has 0 fully saturated rings. The van der Waals surface area contributed by atoms with Crippen molar-refractivity contribution in [1.29, 1.82) is 0 Å². The van der Waals surface area contributed by atoms with Crippen molar-refractivity contribution in [3.8, 4) is 0 Å². The number of hydrogen-bond donors (Lipinski definition) is 2. The van der Waals surface area contributed by atoms with Gasteiger partial charge in [-0.3, -0.25) is 4.79 Å². The van der Waals surface area contributed by atoms with Crippen molar-refractivity contribution in [2.75, 3.05) is 5.32 Å². The quantitative estimate of drug-likeness (QED) is 0.611. The van der Waals surface area contributed by atoms with E-state index in [-0.39, 0.29) is 17.7 Å². The number of carbonyl (C=O) groups is 1. The molecule has 1 aromatic heterocycles. The number of hydrogen-bond acceptors (Lipinski definition) is 4. The van der Waals surface area contributed by atoms with Crippen LogP contribution >= 0.6 is 22.6 Å². The van der Waals surface area contributed by atoms with Crippen molar-refractivity contribution < 1.29 is 18.7 Å². The first-order valence-electron chi connectivity index (χ1n) is 6.75. The van der Waals surface area contributed by atoms with E-state index in [1.165, 1.54) is 6.07 Å². The summed E-state index contributed by atoms with van der Waals surface area (Å²) in [6.45, 7) is 1.90. The zero-order chi connectivity index (χ0) is 16.6. The molecular formula is C16H12FIN2O3. The van der Waals surface area contributed by atoms with E-state index in [1.54, 1.807) is 0 Å². The smallest absolute Gasteiger partial charge is 0.307 e. The Bertz CT molecular complexity index is 908. The predicted molar refractivity (Wildman–Crippen MR) is 92.5 cm³/mol. The van der Waals surface area contributed by atoms with Gasteiger partial charge in [0.15, 0.2) is 17.8 Å². The molecule has 1 heterocycles. The van der Waals surface area contributed by atoms with E-state index >= 15 is 0 Å².